The molecule has 4 aromatic rings. The predicted octanol–water partition coefficient (Wildman–Crippen LogP) is 4.50. The molecule has 4 rings (SSSR count). The Balaban J connectivity index is 1.48. The molecule has 35 heavy (non-hydrogen) atoms. The van der Waals surface area contributed by atoms with Gasteiger partial charge >= 0.3 is 0 Å². The predicted molar refractivity (Wildman–Crippen MR) is 138 cm³/mol. The van der Waals surface area contributed by atoms with Gasteiger partial charge in [-0.1, -0.05) is 59.8 Å². The summed E-state index contributed by atoms with van der Waals surface area (Å²) in [5.74, 6) is 1.83. The fourth-order valence-corrected chi connectivity index (χ4v) is 4.07. The lowest BCUT2D eigenvalue weighted by Gasteiger charge is -2.10. The van der Waals surface area contributed by atoms with E-state index in [-0.39, 0.29) is 11.7 Å². The highest BCUT2D eigenvalue weighted by Gasteiger charge is 2.17. The van der Waals surface area contributed by atoms with Crippen LogP contribution < -0.4 is 14.9 Å². The zero-order valence-corrected chi connectivity index (χ0v) is 20.5. The summed E-state index contributed by atoms with van der Waals surface area (Å²) in [5.41, 5.74) is 6.29. The summed E-state index contributed by atoms with van der Waals surface area (Å²) < 4.78 is 12.5. The number of nitrogens with zero attached hydrogens (tertiary/aromatic N) is 4. The summed E-state index contributed by atoms with van der Waals surface area (Å²) in [5, 5.41) is 13.4. The van der Waals surface area contributed by atoms with Crippen LogP contribution in [0.15, 0.2) is 83.1 Å². The fourth-order valence-electron chi connectivity index (χ4n) is 3.33. The first-order valence-electron chi connectivity index (χ1n) is 10.8. The van der Waals surface area contributed by atoms with Crippen LogP contribution in [0.2, 0.25) is 0 Å². The standard InChI is InChI=1S/C26H25N5O3S/c1-18-9-12-21(13-10-18)31-25(19-7-5-4-6-8-19)29-30-26(31)35-17-24(32)28-27-16-20-11-14-22(33-2)15-23(20)34-3/h4-16H,17H2,1-3H3,(H,28,32)/b27-16+. The van der Waals surface area contributed by atoms with E-state index < -0.39 is 0 Å². The molecule has 0 spiro atoms. The number of thioether (sulfide) groups is 1. The van der Waals surface area contributed by atoms with Crippen LogP contribution >= 0.6 is 11.8 Å². The maximum Gasteiger partial charge on any atom is 0.250 e. The number of aryl methyl sites for hydroxylation is 1. The normalized spacial score (nSPS) is 10.9. The second kappa shape index (κ2) is 11.3. The molecule has 178 valence electrons. The molecule has 0 aliphatic rings. The number of hydrogen-bond donors (Lipinski definition) is 1. The van der Waals surface area contributed by atoms with Gasteiger partial charge in [0.15, 0.2) is 11.0 Å². The summed E-state index contributed by atoms with van der Waals surface area (Å²) in [6, 6.07) is 23.3. The molecule has 0 radical (unpaired) electrons. The molecule has 8 nitrogen and oxygen atoms in total. The van der Waals surface area contributed by atoms with Crippen LogP contribution in [0.4, 0.5) is 0 Å². The van der Waals surface area contributed by atoms with Gasteiger partial charge in [-0.25, -0.2) is 5.43 Å². The van der Waals surface area contributed by atoms with Crippen LogP contribution in [-0.4, -0.2) is 46.9 Å². The van der Waals surface area contributed by atoms with Gasteiger partial charge in [-0.3, -0.25) is 9.36 Å². The van der Waals surface area contributed by atoms with Crippen molar-refractivity contribution in [2.24, 2.45) is 5.10 Å². The monoisotopic (exact) mass is 487 g/mol. The number of hydrogen-bond acceptors (Lipinski definition) is 7. The van der Waals surface area contributed by atoms with Gasteiger partial charge in [0.25, 0.3) is 5.91 Å². The Labute approximate surface area is 208 Å². The fraction of sp³-hybridized carbons (Fsp3) is 0.154. The molecular formula is C26H25N5O3S. The number of amides is 1. The lowest BCUT2D eigenvalue weighted by molar-refractivity contribution is -0.118. The second-order valence-corrected chi connectivity index (χ2v) is 8.48. The maximum atomic E-state index is 12.5. The summed E-state index contributed by atoms with van der Waals surface area (Å²) in [7, 11) is 3.15. The highest BCUT2D eigenvalue weighted by atomic mass is 32.2. The molecule has 0 atom stereocenters. The molecule has 1 amide bonds. The molecule has 1 heterocycles. The first kappa shape index (κ1) is 24.0. The lowest BCUT2D eigenvalue weighted by atomic mass is 10.2. The molecule has 0 aliphatic carbocycles. The van der Waals surface area contributed by atoms with E-state index >= 15 is 0 Å². The minimum atomic E-state index is -0.265. The Morgan fingerprint density at radius 1 is 1.03 bits per heavy atom. The minimum absolute atomic E-state index is 0.121. The van der Waals surface area contributed by atoms with Gasteiger partial charge in [-0.2, -0.15) is 5.10 Å². The number of benzene rings is 3. The van der Waals surface area contributed by atoms with Gasteiger partial charge in [0.05, 0.1) is 26.2 Å². The third-order valence-corrected chi connectivity index (χ3v) is 6.05. The van der Waals surface area contributed by atoms with Gasteiger partial charge in [0.2, 0.25) is 0 Å². The summed E-state index contributed by atoms with van der Waals surface area (Å²) >= 11 is 1.29. The first-order chi connectivity index (χ1) is 17.1. The average molecular weight is 488 g/mol. The molecule has 1 aromatic heterocycles. The Bertz CT molecular complexity index is 1320. The van der Waals surface area contributed by atoms with Crippen molar-refractivity contribution < 1.29 is 14.3 Å². The maximum absolute atomic E-state index is 12.5. The average Bonchev–Trinajstić information content (AvgIpc) is 3.32. The molecular weight excluding hydrogens is 462 g/mol. The Kier molecular flexibility index (Phi) is 7.79. The van der Waals surface area contributed by atoms with Crippen molar-refractivity contribution in [3.05, 3.63) is 83.9 Å². The van der Waals surface area contributed by atoms with Gasteiger partial charge in [-0.15, -0.1) is 10.2 Å². The van der Waals surface area contributed by atoms with Crippen LogP contribution in [0.5, 0.6) is 11.5 Å². The van der Waals surface area contributed by atoms with E-state index in [1.54, 1.807) is 32.4 Å². The summed E-state index contributed by atoms with van der Waals surface area (Å²) in [6.45, 7) is 2.04. The molecule has 9 heteroatoms. The molecule has 0 aliphatic heterocycles. The Hall–Kier alpha value is -4.11. The van der Waals surface area contributed by atoms with Gasteiger partial charge < -0.3 is 9.47 Å². The van der Waals surface area contributed by atoms with Crippen LogP contribution in [0.25, 0.3) is 17.1 Å². The van der Waals surface area contributed by atoms with E-state index in [9.17, 15) is 4.79 Å². The van der Waals surface area contributed by atoms with Crippen LogP contribution in [-0.2, 0) is 4.79 Å². The van der Waals surface area contributed by atoms with Crippen molar-refractivity contribution in [2.75, 3.05) is 20.0 Å². The number of rotatable bonds is 9. The van der Waals surface area contributed by atoms with Crippen molar-refractivity contribution in [2.45, 2.75) is 12.1 Å². The third-order valence-electron chi connectivity index (χ3n) is 5.12. The first-order valence-corrected chi connectivity index (χ1v) is 11.8. The topological polar surface area (TPSA) is 90.6 Å². The third kappa shape index (κ3) is 5.88. The Morgan fingerprint density at radius 2 is 1.80 bits per heavy atom. The smallest absolute Gasteiger partial charge is 0.250 e. The van der Waals surface area contributed by atoms with Gasteiger partial charge in [0, 0.05) is 22.9 Å². The number of ether oxygens (including phenoxy) is 2. The summed E-state index contributed by atoms with van der Waals surface area (Å²) in [4.78, 5) is 12.5. The molecule has 1 N–H and O–H groups in total. The molecule has 3 aromatic carbocycles. The van der Waals surface area contributed by atoms with E-state index in [2.05, 4.69) is 20.7 Å². The van der Waals surface area contributed by atoms with Crippen molar-refractivity contribution in [3.63, 3.8) is 0 Å². The van der Waals surface area contributed by atoms with Crippen molar-refractivity contribution in [3.8, 4) is 28.6 Å². The number of aromatic nitrogens is 3. The number of carbonyl (C=O) groups is 1. The van der Waals surface area contributed by atoms with Gasteiger partial charge in [-0.05, 0) is 31.2 Å². The van der Waals surface area contributed by atoms with Crippen LogP contribution in [0, 0.1) is 6.92 Å². The van der Waals surface area contributed by atoms with E-state index in [1.165, 1.54) is 18.0 Å². The molecule has 0 saturated heterocycles. The van der Waals surface area contributed by atoms with Crippen molar-refractivity contribution >= 4 is 23.9 Å². The molecule has 0 saturated carbocycles. The number of hydrazone groups is 1. The van der Waals surface area contributed by atoms with Crippen molar-refractivity contribution in [1.29, 1.82) is 0 Å². The van der Waals surface area contributed by atoms with Crippen LogP contribution in [0.1, 0.15) is 11.1 Å². The molecule has 0 fully saturated rings. The second-order valence-electron chi connectivity index (χ2n) is 7.53. The quantitative estimate of drug-likeness (QED) is 0.212. The van der Waals surface area contributed by atoms with E-state index in [1.807, 2.05) is 66.1 Å². The number of methoxy groups -OCH3 is 2. The minimum Gasteiger partial charge on any atom is -0.497 e. The van der Waals surface area contributed by atoms with Crippen molar-refractivity contribution in [1.82, 2.24) is 20.2 Å². The van der Waals surface area contributed by atoms with Crippen LogP contribution in [0.3, 0.4) is 0 Å². The van der Waals surface area contributed by atoms with Gasteiger partial charge in [0.1, 0.15) is 11.5 Å². The van der Waals surface area contributed by atoms with E-state index in [0.29, 0.717) is 28.0 Å². The molecule has 0 unspecified atom stereocenters. The van der Waals surface area contributed by atoms with E-state index in [0.717, 1.165) is 16.8 Å². The lowest BCUT2D eigenvalue weighted by Crippen LogP contribution is -2.20. The Morgan fingerprint density at radius 3 is 2.51 bits per heavy atom. The highest BCUT2D eigenvalue weighted by Crippen LogP contribution is 2.28. The van der Waals surface area contributed by atoms with E-state index in [4.69, 9.17) is 9.47 Å². The zero-order valence-electron chi connectivity index (χ0n) is 19.6. The largest absolute Gasteiger partial charge is 0.497 e. The SMILES string of the molecule is COc1ccc(/C=N/NC(=O)CSc2nnc(-c3ccccc3)n2-c2ccc(C)cc2)c(OC)c1. The number of carbonyl (C=O) groups excluding carboxylic acids is 1. The number of nitrogens with one attached hydrogen (secondary N) is 1. The zero-order chi connectivity index (χ0) is 24.6. The highest BCUT2D eigenvalue weighted by molar-refractivity contribution is 7.99. The summed E-state index contributed by atoms with van der Waals surface area (Å²) in [6.07, 6.45) is 1.53. The molecule has 0 bridgehead atoms.